The van der Waals surface area contributed by atoms with Crippen LogP contribution in [0.5, 0.6) is 0 Å². The van der Waals surface area contributed by atoms with Crippen molar-refractivity contribution >= 4 is 54.3 Å². The molecule has 5 nitrogen and oxygen atoms in total. The molecule has 0 bridgehead atoms. The largest absolute Gasteiger partial charge is 0.313 e. The van der Waals surface area contributed by atoms with E-state index in [9.17, 15) is 17.6 Å². The topological polar surface area (TPSA) is 66.8 Å². The molecule has 9 heteroatoms. The van der Waals surface area contributed by atoms with Crippen LogP contribution in [0.3, 0.4) is 0 Å². The highest BCUT2D eigenvalue weighted by Crippen LogP contribution is 2.42. The van der Waals surface area contributed by atoms with Gasteiger partial charge in [-0.3, -0.25) is 4.79 Å². The molecule has 26 heavy (non-hydrogen) atoms. The van der Waals surface area contributed by atoms with Crippen LogP contribution in [0.1, 0.15) is 26.7 Å². The predicted octanol–water partition coefficient (Wildman–Crippen LogP) is 3.63. The van der Waals surface area contributed by atoms with Crippen LogP contribution in [-0.4, -0.2) is 42.3 Å². The van der Waals surface area contributed by atoms with Gasteiger partial charge in [0.2, 0.25) is 0 Å². The first kappa shape index (κ1) is 19.8. The third-order valence-electron chi connectivity index (χ3n) is 4.78. The molecular weight excluding hydrogens is 443 g/mol. The van der Waals surface area contributed by atoms with Crippen LogP contribution in [0.4, 0.5) is 10.1 Å². The van der Waals surface area contributed by atoms with E-state index >= 15 is 0 Å². The number of sulfone groups is 1. The van der Waals surface area contributed by atoms with E-state index in [1.165, 1.54) is 17.8 Å². The van der Waals surface area contributed by atoms with Crippen molar-refractivity contribution in [2.24, 2.45) is 10.9 Å². The molecule has 0 unspecified atom stereocenters. The molecule has 142 valence electrons. The number of anilines is 1. The SMILES string of the molecule is CCC(CC)C(=O)N=C1S[C@@H]2CS(=O)(=O)C[C@H]2N1c1ccc(Br)cc1F. The van der Waals surface area contributed by atoms with Gasteiger partial charge in [0.25, 0.3) is 5.91 Å². The molecule has 2 saturated heterocycles. The van der Waals surface area contributed by atoms with Gasteiger partial charge >= 0.3 is 0 Å². The summed E-state index contributed by atoms with van der Waals surface area (Å²) >= 11 is 4.49. The maximum atomic E-state index is 14.6. The number of carbonyl (C=O) groups excluding carboxylic acids is 1. The van der Waals surface area contributed by atoms with Crippen molar-refractivity contribution in [1.82, 2.24) is 0 Å². The van der Waals surface area contributed by atoms with Gasteiger partial charge in [0.15, 0.2) is 15.0 Å². The first-order valence-electron chi connectivity index (χ1n) is 8.49. The lowest BCUT2D eigenvalue weighted by atomic mass is 10.0. The summed E-state index contributed by atoms with van der Waals surface area (Å²) in [7, 11) is -3.18. The maximum Gasteiger partial charge on any atom is 0.251 e. The van der Waals surface area contributed by atoms with Gasteiger partial charge in [-0.1, -0.05) is 41.5 Å². The van der Waals surface area contributed by atoms with Crippen molar-refractivity contribution in [3.8, 4) is 0 Å². The smallest absolute Gasteiger partial charge is 0.251 e. The third-order valence-corrected chi connectivity index (χ3v) is 8.48. The van der Waals surface area contributed by atoms with Gasteiger partial charge in [-0.25, -0.2) is 12.8 Å². The van der Waals surface area contributed by atoms with E-state index in [2.05, 4.69) is 20.9 Å². The lowest BCUT2D eigenvalue weighted by Gasteiger charge is -2.25. The van der Waals surface area contributed by atoms with Gasteiger partial charge in [0, 0.05) is 15.6 Å². The zero-order valence-corrected chi connectivity index (χ0v) is 17.7. The number of nitrogens with zero attached hydrogens (tertiary/aromatic N) is 2. The van der Waals surface area contributed by atoms with E-state index in [4.69, 9.17) is 0 Å². The quantitative estimate of drug-likeness (QED) is 0.683. The first-order valence-corrected chi connectivity index (χ1v) is 12.0. The summed E-state index contributed by atoms with van der Waals surface area (Å²) in [6.07, 6.45) is 1.37. The van der Waals surface area contributed by atoms with Crippen molar-refractivity contribution < 1.29 is 17.6 Å². The van der Waals surface area contributed by atoms with E-state index < -0.39 is 21.7 Å². The van der Waals surface area contributed by atoms with E-state index in [0.717, 1.165) is 0 Å². The molecule has 2 aliphatic rings. The third kappa shape index (κ3) is 3.84. The second-order valence-electron chi connectivity index (χ2n) is 6.51. The summed E-state index contributed by atoms with van der Waals surface area (Å²) in [6, 6.07) is 4.20. The number of rotatable bonds is 4. The molecule has 0 aliphatic carbocycles. The highest BCUT2D eigenvalue weighted by atomic mass is 79.9. The van der Waals surface area contributed by atoms with E-state index in [1.807, 2.05) is 13.8 Å². The molecule has 0 radical (unpaired) electrons. The number of benzene rings is 1. The van der Waals surface area contributed by atoms with E-state index in [1.54, 1.807) is 17.0 Å². The summed E-state index contributed by atoms with van der Waals surface area (Å²) in [4.78, 5) is 18.3. The fourth-order valence-corrected chi connectivity index (χ4v) is 7.59. The first-order chi connectivity index (χ1) is 12.3. The van der Waals surface area contributed by atoms with Crippen molar-refractivity contribution in [3.63, 3.8) is 0 Å². The molecule has 0 N–H and O–H groups in total. The summed E-state index contributed by atoms with van der Waals surface area (Å²) in [5, 5.41) is 0.157. The van der Waals surface area contributed by atoms with Crippen LogP contribution >= 0.6 is 27.7 Å². The fraction of sp³-hybridized carbons (Fsp3) is 0.529. The van der Waals surface area contributed by atoms with E-state index in [-0.39, 0.29) is 34.3 Å². The van der Waals surface area contributed by atoms with Gasteiger partial charge in [0.05, 0.1) is 23.2 Å². The molecule has 0 saturated carbocycles. The minimum Gasteiger partial charge on any atom is -0.313 e. The van der Waals surface area contributed by atoms with Crippen LogP contribution in [0.2, 0.25) is 0 Å². The lowest BCUT2D eigenvalue weighted by molar-refractivity contribution is -0.121. The second kappa shape index (κ2) is 7.59. The molecule has 2 atom stereocenters. The molecule has 0 spiro atoms. The van der Waals surface area contributed by atoms with Crippen LogP contribution in [0.25, 0.3) is 0 Å². The average Bonchev–Trinajstić information content (AvgIpc) is 3.00. The van der Waals surface area contributed by atoms with Crippen LogP contribution < -0.4 is 4.90 Å². The number of amides is 1. The maximum absolute atomic E-state index is 14.6. The predicted molar refractivity (Wildman–Crippen MR) is 107 cm³/mol. The van der Waals surface area contributed by atoms with Gasteiger partial charge in [-0.15, -0.1) is 0 Å². The Labute approximate surface area is 165 Å². The van der Waals surface area contributed by atoms with Crippen molar-refractivity contribution in [3.05, 3.63) is 28.5 Å². The number of aliphatic imine (C=N–C) groups is 1. The molecule has 0 aromatic heterocycles. The summed E-state index contributed by atoms with van der Waals surface area (Å²) in [6.45, 7) is 3.86. The Morgan fingerprint density at radius 2 is 2.08 bits per heavy atom. The average molecular weight is 463 g/mol. The number of hydrogen-bond acceptors (Lipinski definition) is 4. The molecular formula is C17H20BrFN2O3S2. The van der Waals surface area contributed by atoms with Crippen LogP contribution in [0, 0.1) is 11.7 Å². The number of hydrogen-bond donors (Lipinski definition) is 0. The van der Waals surface area contributed by atoms with Gasteiger partial charge in [0.1, 0.15) is 5.82 Å². The van der Waals surface area contributed by atoms with Crippen molar-refractivity contribution in [2.45, 2.75) is 38.0 Å². The van der Waals surface area contributed by atoms with Crippen LogP contribution in [-0.2, 0) is 14.6 Å². The Morgan fingerprint density at radius 3 is 2.69 bits per heavy atom. The fourth-order valence-electron chi connectivity index (χ4n) is 3.35. The Hall–Kier alpha value is -0.930. The van der Waals surface area contributed by atoms with E-state index in [0.29, 0.717) is 22.5 Å². The van der Waals surface area contributed by atoms with Crippen molar-refractivity contribution in [1.29, 1.82) is 0 Å². The second-order valence-corrected chi connectivity index (χ2v) is 10.8. The van der Waals surface area contributed by atoms with Crippen LogP contribution in [0.15, 0.2) is 27.7 Å². The summed E-state index contributed by atoms with van der Waals surface area (Å²) in [5.74, 6) is -0.924. The lowest BCUT2D eigenvalue weighted by Crippen LogP contribution is -2.38. The Bertz CT molecular complexity index is 856. The van der Waals surface area contributed by atoms with Gasteiger partial charge < -0.3 is 4.90 Å². The van der Waals surface area contributed by atoms with Gasteiger partial charge in [-0.2, -0.15) is 4.99 Å². The molecule has 1 aromatic rings. The highest BCUT2D eigenvalue weighted by Gasteiger charge is 2.50. The number of amidine groups is 1. The number of carbonyl (C=O) groups is 1. The molecule has 2 aliphatic heterocycles. The monoisotopic (exact) mass is 462 g/mol. The molecule has 3 rings (SSSR count). The summed E-state index contributed by atoms with van der Waals surface area (Å²) < 4.78 is 39.3. The summed E-state index contributed by atoms with van der Waals surface area (Å²) in [5.41, 5.74) is 0.251. The molecule has 1 amide bonds. The number of halogens is 2. The molecule has 2 heterocycles. The Morgan fingerprint density at radius 1 is 1.38 bits per heavy atom. The normalized spacial score (nSPS) is 25.9. The number of thioether (sulfide) groups is 1. The minimum atomic E-state index is -3.18. The Balaban J connectivity index is 2.02. The molecule has 2 fully saturated rings. The minimum absolute atomic E-state index is 0.0230. The van der Waals surface area contributed by atoms with Crippen molar-refractivity contribution in [2.75, 3.05) is 16.4 Å². The molecule has 1 aromatic carbocycles. The highest BCUT2D eigenvalue weighted by molar-refractivity contribution is 9.10. The number of fused-ring (bicyclic) bond motifs is 1. The Kier molecular flexibility index (Phi) is 5.79. The van der Waals surface area contributed by atoms with Gasteiger partial charge in [-0.05, 0) is 31.0 Å². The zero-order valence-electron chi connectivity index (χ0n) is 14.5. The zero-order chi connectivity index (χ0) is 19.1. The standard InChI is InChI=1S/C17H20BrFN2O3S2/c1-3-10(4-2)16(22)20-17-21(13-6-5-11(18)7-12(13)19)14-8-26(23,24)9-15(14)25-17/h5-7,10,14-15H,3-4,8-9H2,1-2H3/t14-,15-/m1/s1.